The van der Waals surface area contributed by atoms with E-state index in [-0.39, 0.29) is 5.91 Å². The Kier molecular flexibility index (Phi) is 6.36. The van der Waals surface area contributed by atoms with Crippen LogP contribution in [0.1, 0.15) is 10.5 Å². The summed E-state index contributed by atoms with van der Waals surface area (Å²) in [6, 6.07) is 13.4. The molecular weight excluding hydrogens is 382 g/mol. The summed E-state index contributed by atoms with van der Waals surface area (Å²) >= 11 is 0. The highest BCUT2D eigenvalue weighted by Crippen LogP contribution is 2.23. The molecule has 0 unspecified atom stereocenters. The maximum Gasteiger partial charge on any atom is 0.271 e. The molecular formula is C22H25N5O3. The van der Waals surface area contributed by atoms with Gasteiger partial charge in [-0.1, -0.05) is 6.07 Å². The van der Waals surface area contributed by atoms with E-state index in [1.165, 1.54) is 6.20 Å². The molecule has 0 spiro atoms. The molecule has 8 heteroatoms. The van der Waals surface area contributed by atoms with Crippen molar-refractivity contribution >= 4 is 28.3 Å². The van der Waals surface area contributed by atoms with Gasteiger partial charge in [-0.3, -0.25) is 14.7 Å². The van der Waals surface area contributed by atoms with Crippen LogP contribution < -0.4 is 15.4 Å². The van der Waals surface area contributed by atoms with Crippen molar-refractivity contribution in [2.75, 3.05) is 51.8 Å². The zero-order valence-corrected chi connectivity index (χ0v) is 16.9. The third-order valence-electron chi connectivity index (χ3n) is 4.95. The minimum atomic E-state index is -0.219. The fourth-order valence-corrected chi connectivity index (χ4v) is 3.31. The number of carbonyl (C=O) groups is 1. The number of carbonyl (C=O) groups excluding carboxylic acids is 1. The average molecular weight is 407 g/mol. The van der Waals surface area contributed by atoms with Crippen molar-refractivity contribution in [2.24, 2.45) is 0 Å². The molecule has 1 aliphatic heterocycles. The van der Waals surface area contributed by atoms with Crippen molar-refractivity contribution in [2.45, 2.75) is 0 Å². The molecule has 0 aliphatic carbocycles. The number of nitrogens with one attached hydrogen (secondary N) is 2. The molecule has 156 valence electrons. The number of ether oxygens (including phenoxy) is 2. The Morgan fingerprint density at radius 3 is 2.80 bits per heavy atom. The molecule has 30 heavy (non-hydrogen) atoms. The Morgan fingerprint density at radius 1 is 1.13 bits per heavy atom. The van der Waals surface area contributed by atoms with Crippen molar-refractivity contribution in [3.63, 3.8) is 0 Å². The van der Waals surface area contributed by atoms with Crippen LogP contribution in [0, 0.1) is 0 Å². The molecule has 0 saturated carbocycles. The number of hydrogen-bond donors (Lipinski definition) is 2. The summed E-state index contributed by atoms with van der Waals surface area (Å²) in [5, 5.41) is 6.25. The van der Waals surface area contributed by atoms with Crippen LogP contribution in [0.15, 0.2) is 48.7 Å². The minimum absolute atomic E-state index is 0.219. The Morgan fingerprint density at radius 2 is 1.97 bits per heavy atom. The number of nitrogens with zero attached hydrogens (tertiary/aromatic N) is 3. The lowest BCUT2D eigenvalue weighted by Crippen LogP contribution is -2.41. The Bertz CT molecular complexity index is 1020. The molecule has 1 fully saturated rings. The molecule has 1 saturated heterocycles. The van der Waals surface area contributed by atoms with Gasteiger partial charge < -0.3 is 20.1 Å². The van der Waals surface area contributed by atoms with Crippen LogP contribution >= 0.6 is 0 Å². The van der Waals surface area contributed by atoms with Gasteiger partial charge in [0, 0.05) is 43.6 Å². The van der Waals surface area contributed by atoms with Gasteiger partial charge in [-0.05, 0) is 30.3 Å². The molecule has 2 N–H and O–H groups in total. The summed E-state index contributed by atoms with van der Waals surface area (Å²) in [7, 11) is 1.64. The van der Waals surface area contributed by atoms with Crippen molar-refractivity contribution in [1.82, 2.24) is 20.2 Å². The van der Waals surface area contributed by atoms with E-state index in [4.69, 9.17) is 9.47 Å². The van der Waals surface area contributed by atoms with Gasteiger partial charge >= 0.3 is 0 Å². The van der Waals surface area contributed by atoms with Gasteiger partial charge in [0.1, 0.15) is 11.4 Å². The van der Waals surface area contributed by atoms with Crippen LogP contribution in [0.3, 0.4) is 0 Å². The maximum atomic E-state index is 12.5. The van der Waals surface area contributed by atoms with E-state index in [1.54, 1.807) is 7.11 Å². The zero-order chi connectivity index (χ0) is 20.8. The van der Waals surface area contributed by atoms with Gasteiger partial charge in [0.15, 0.2) is 0 Å². The van der Waals surface area contributed by atoms with E-state index < -0.39 is 0 Å². The number of aromatic nitrogens is 2. The monoisotopic (exact) mass is 407 g/mol. The van der Waals surface area contributed by atoms with Gasteiger partial charge in [0.05, 0.1) is 37.6 Å². The number of benzene rings is 2. The zero-order valence-electron chi connectivity index (χ0n) is 16.9. The highest BCUT2D eigenvalue weighted by Gasteiger charge is 2.12. The molecule has 0 bridgehead atoms. The lowest BCUT2D eigenvalue weighted by Gasteiger charge is -2.26. The van der Waals surface area contributed by atoms with E-state index >= 15 is 0 Å². The quantitative estimate of drug-likeness (QED) is 0.622. The van der Waals surface area contributed by atoms with Crippen molar-refractivity contribution in [3.05, 3.63) is 54.4 Å². The van der Waals surface area contributed by atoms with Crippen LogP contribution in [0.4, 0.5) is 11.4 Å². The standard InChI is InChI=1S/C22H25N5O3/c1-29-18-4-2-3-16(13-18)25-17-5-6-19-20(14-17)26-21(15-24-19)22(28)23-7-8-27-9-11-30-12-10-27/h2-6,13-15,25H,7-12H2,1H3,(H,23,28). The topological polar surface area (TPSA) is 88.6 Å². The van der Waals surface area contributed by atoms with E-state index in [0.717, 1.165) is 55.5 Å². The maximum absolute atomic E-state index is 12.5. The fourth-order valence-electron chi connectivity index (χ4n) is 3.31. The van der Waals surface area contributed by atoms with Crippen LogP contribution in [0.5, 0.6) is 5.75 Å². The Balaban J connectivity index is 1.42. The first-order chi connectivity index (χ1) is 14.7. The summed E-state index contributed by atoms with van der Waals surface area (Å²) in [4.78, 5) is 23.6. The molecule has 2 aromatic carbocycles. The second-order valence-electron chi connectivity index (χ2n) is 7.03. The molecule has 1 aromatic heterocycles. The second kappa shape index (κ2) is 9.51. The number of methoxy groups -OCH3 is 1. The van der Waals surface area contributed by atoms with Crippen molar-refractivity contribution in [1.29, 1.82) is 0 Å². The third kappa shape index (κ3) is 5.03. The smallest absolute Gasteiger partial charge is 0.271 e. The van der Waals surface area contributed by atoms with Crippen LogP contribution in [0.25, 0.3) is 11.0 Å². The number of amides is 1. The summed E-state index contributed by atoms with van der Waals surface area (Å²) < 4.78 is 10.6. The van der Waals surface area contributed by atoms with E-state index in [1.807, 2.05) is 42.5 Å². The lowest BCUT2D eigenvalue weighted by atomic mass is 10.2. The van der Waals surface area contributed by atoms with Crippen molar-refractivity contribution in [3.8, 4) is 5.75 Å². The normalized spacial score (nSPS) is 14.4. The third-order valence-corrected chi connectivity index (χ3v) is 4.95. The molecule has 3 aromatic rings. The molecule has 2 heterocycles. The van der Waals surface area contributed by atoms with Crippen LogP contribution in [0.2, 0.25) is 0 Å². The highest BCUT2D eigenvalue weighted by atomic mass is 16.5. The van der Waals surface area contributed by atoms with Gasteiger partial charge in [0.2, 0.25) is 0 Å². The molecule has 1 amide bonds. The molecule has 1 aliphatic rings. The first kappa shape index (κ1) is 20.1. The largest absolute Gasteiger partial charge is 0.497 e. The molecule has 4 rings (SSSR count). The van der Waals surface area contributed by atoms with Gasteiger partial charge in [-0.25, -0.2) is 4.98 Å². The summed E-state index contributed by atoms with van der Waals surface area (Å²) in [6.07, 6.45) is 1.52. The number of hydrogen-bond acceptors (Lipinski definition) is 7. The predicted molar refractivity (Wildman–Crippen MR) is 115 cm³/mol. The molecule has 0 radical (unpaired) electrons. The SMILES string of the molecule is COc1cccc(Nc2ccc3ncc(C(=O)NCCN4CCOCC4)nc3c2)c1. The number of fused-ring (bicyclic) bond motifs is 1. The summed E-state index contributed by atoms with van der Waals surface area (Å²) in [5.41, 5.74) is 3.45. The van der Waals surface area contributed by atoms with Gasteiger partial charge in [0.25, 0.3) is 5.91 Å². The molecule has 8 nitrogen and oxygen atoms in total. The number of rotatable bonds is 7. The van der Waals surface area contributed by atoms with E-state index in [9.17, 15) is 4.79 Å². The average Bonchev–Trinajstić information content (AvgIpc) is 2.79. The van der Waals surface area contributed by atoms with Gasteiger partial charge in [-0.2, -0.15) is 0 Å². The lowest BCUT2D eigenvalue weighted by molar-refractivity contribution is 0.0383. The summed E-state index contributed by atoms with van der Waals surface area (Å²) in [6.45, 7) is 4.65. The fraction of sp³-hybridized carbons (Fsp3) is 0.318. The van der Waals surface area contributed by atoms with Crippen LogP contribution in [-0.2, 0) is 4.74 Å². The first-order valence-corrected chi connectivity index (χ1v) is 9.97. The van der Waals surface area contributed by atoms with E-state index in [0.29, 0.717) is 17.8 Å². The predicted octanol–water partition coefficient (Wildman–Crippen LogP) is 2.44. The van der Waals surface area contributed by atoms with Gasteiger partial charge in [-0.15, -0.1) is 0 Å². The second-order valence-corrected chi connectivity index (χ2v) is 7.03. The van der Waals surface area contributed by atoms with Crippen LogP contribution in [-0.4, -0.2) is 67.3 Å². The summed E-state index contributed by atoms with van der Waals surface area (Å²) in [5.74, 6) is 0.556. The molecule has 0 atom stereocenters. The highest BCUT2D eigenvalue weighted by molar-refractivity contribution is 5.94. The number of anilines is 2. The minimum Gasteiger partial charge on any atom is -0.497 e. The van der Waals surface area contributed by atoms with E-state index in [2.05, 4.69) is 25.5 Å². The first-order valence-electron chi connectivity index (χ1n) is 9.97. The number of morpholine rings is 1. The Labute approximate surface area is 175 Å². The Hall–Kier alpha value is -3.23. The van der Waals surface area contributed by atoms with Crippen molar-refractivity contribution < 1.29 is 14.3 Å².